The van der Waals surface area contributed by atoms with Gasteiger partial charge in [-0.05, 0) is 43.7 Å². The van der Waals surface area contributed by atoms with E-state index in [-0.39, 0.29) is 0 Å². The average Bonchev–Trinajstić information content (AvgIpc) is 3.24. The number of rotatable bonds is 8. The summed E-state index contributed by atoms with van der Waals surface area (Å²) in [6.07, 6.45) is 10.4. The van der Waals surface area contributed by atoms with Crippen LogP contribution < -0.4 is 0 Å². The molecule has 0 N–H and O–H groups in total. The van der Waals surface area contributed by atoms with E-state index in [0.717, 1.165) is 19.7 Å². The van der Waals surface area contributed by atoms with Gasteiger partial charge < -0.3 is 9.30 Å². The van der Waals surface area contributed by atoms with E-state index in [0.29, 0.717) is 6.04 Å². The van der Waals surface area contributed by atoms with E-state index in [1.165, 1.54) is 49.2 Å². The van der Waals surface area contributed by atoms with Crippen molar-refractivity contribution in [1.29, 1.82) is 0 Å². The van der Waals surface area contributed by atoms with E-state index < -0.39 is 0 Å². The summed E-state index contributed by atoms with van der Waals surface area (Å²) >= 11 is 1.88. The maximum atomic E-state index is 5.20. The Morgan fingerprint density at radius 2 is 2.35 bits per heavy atom. The van der Waals surface area contributed by atoms with Crippen LogP contribution >= 0.6 is 11.3 Å². The minimum Gasteiger partial charge on any atom is -0.383 e. The molecule has 3 heterocycles. The number of thiophene rings is 1. The van der Waals surface area contributed by atoms with Crippen molar-refractivity contribution in [1.82, 2.24) is 14.5 Å². The number of methoxy groups -OCH3 is 1. The Hall–Kier alpha value is -1.17. The molecule has 5 heteroatoms. The van der Waals surface area contributed by atoms with Crippen LogP contribution in [-0.4, -0.2) is 40.8 Å². The molecule has 1 aliphatic rings. The summed E-state index contributed by atoms with van der Waals surface area (Å²) in [7, 11) is 1.75. The fraction of sp³-hybridized carbons (Fsp3) is 0.611. The number of nitrogens with zero attached hydrogens (tertiary/aromatic N) is 3. The molecule has 1 fully saturated rings. The standard InChI is InChI=1S/C18H27N3OS/c1-22-11-10-21-15-19-13-17(21)14-20-9-3-2-5-16(20)7-8-18-6-4-12-23-18/h4,6,12-13,15-16H,2-3,5,7-11,14H2,1H3. The fourth-order valence-electron chi connectivity index (χ4n) is 3.44. The van der Waals surface area contributed by atoms with Gasteiger partial charge in [-0.3, -0.25) is 4.90 Å². The lowest BCUT2D eigenvalue weighted by Gasteiger charge is -2.35. The Morgan fingerprint density at radius 3 is 3.17 bits per heavy atom. The van der Waals surface area contributed by atoms with Gasteiger partial charge in [-0.15, -0.1) is 11.3 Å². The molecule has 2 aromatic heterocycles. The molecule has 0 aliphatic carbocycles. The van der Waals surface area contributed by atoms with E-state index in [1.54, 1.807) is 7.11 Å². The van der Waals surface area contributed by atoms with Gasteiger partial charge in [0.2, 0.25) is 0 Å². The predicted octanol–water partition coefficient (Wildman–Crippen LogP) is 3.58. The largest absolute Gasteiger partial charge is 0.383 e. The first-order chi connectivity index (χ1) is 11.4. The van der Waals surface area contributed by atoms with Crippen molar-refractivity contribution in [2.75, 3.05) is 20.3 Å². The Bertz CT molecular complexity index is 567. The zero-order valence-corrected chi connectivity index (χ0v) is 14.8. The average molecular weight is 334 g/mol. The van der Waals surface area contributed by atoms with Crippen molar-refractivity contribution in [3.8, 4) is 0 Å². The first-order valence-corrected chi connectivity index (χ1v) is 9.49. The van der Waals surface area contributed by atoms with Crippen molar-refractivity contribution >= 4 is 11.3 Å². The molecule has 0 saturated carbocycles. The number of ether oxygens (including phenoxy) is 1. The van der Waals surface area contributed by atoms with Crippen molar-refractivity contribution in [3.05, 3.63) is 40.6 Å². The molecule has 1 saturated heterocycles. The van der Waals surface area contributed by atoms with Crippen LogP contribution in [0.2, 0.25) is 0 Å². The lowest BCUT2D eigenvalue weighted by Crippen LogP contribution is -2.39. The second-order valence-electron chi connectivity index (χ2n) is 6.31. The number of hydrogen-bond acceptors (Lipinski definition) is 4. The molecule has 0 bridgehead atoms. The lowest BCUT2D eigenvalue weighted by atomic mass is 9.97. The SMILES string of the molecule is COCCn1cncc1CN1CCCCC1CCc1cccs1. The normalized spacial score (nSPS) is 19.3. The molecule has 0 aromatic carbocycles. The van der Waals surface area contributed by atoms with E-state index in [4.69, 9.17) is 4.74 Å². The van der Waals surface area contributed by atoms with Crippen LogP contribution in [-0.2, 0) is 24.2 Å². The highest BCUT2D eigenvalue weighted by Crippen LogP contribution is 2.24. The van der Waals surface area contributed by atoms with Gasteiger partial charge in [-0.1, -0.05) is 12.5 Å². The predicted molar refractivity (Wildman–Crippen MR) is 94.8 cm³/mol. The minimum absolute atomic E-state index is 0.705. The second kappa shape index (κ2) is 8.62. The number of aromatic nitrogens is 2. The van der Waals surface area contributed by atoms with Gasteiger partial charge in [0.25, 0.3) is 0 Å². The highest BCUT2D eigenvalue weighted by molar-refractivity contribution is 7.09. The second-order valence-corrected chi connectivity index (χ2v) is 7.34. The van der Waals surface area contributed by atoms with Gasteiger partial charge in [0, 0.05) is 37.3 Å². The molecule has 1 aliphatic heterocycles. The van der Waals surface area contributed by atoms with Gasteiger partial charge in [-0.2, -0.15) is 0 Å². The van der Waals surface area contributed by atoms with E-state index in [2.05, 4.69) is 32.0 Å². The van der Waals surface area contributed by atoms with Crippen molar-refractivity contribution in [2.45, 2.75) is 51.2 Å². The third-order valence-corrected chi connectivity index (χ3v) is 5.69. The van der Waals surface area contributed by atoms with Crippen LogP contribution in [0.25, 0.3) is 0 Å². The topological polar surface area (TPSA) is 30.3 Å². The van der Waals surface area contributed by atoms with Gasteiger partial charge in [-0.25, -0.2) is 4.98 Å². The van der Waals surface area contributed by atoms with Crippen molar-refractivity contribution in [2.24, 2.45) is 0 Å². The number of likely N-dealkylation sites (tertiary alicyclic amines) is 1. The van der Waals surface area contributed by atoms with Crippen LogP contribution in [0.1, 0.15) is 36.3 Å². The molecule has 3 rings (SSSR count). The smallest absolute Gasteiger partial charge is 0.0949 e. The van der Waals surface area contributed by atoms with E-state index in [1.807, 2.05) is 23.9 Å². The van der Waals surface area contributed by atoms with Crippen LogP contribution in [0.15, 0.2) is 30.0 Å². The van der Waals surface area contributed by atoms with Crippen LogP contribution in [0, 0.1) is 0 Å². The van der Waals surface area contributed by atoms with Crippen LogP contribution in [0.4, 0.5) is 0 Å². The Labute approximate surface area is 143 Å². The molecule has 23 heavy (non-hydrogen) atoms. The van der Waals surface area contributed by atoms with Crippen molar-refractivity contribution < 1.29 is 4.74 Å². The molecule has 126 valence electrons. The maximum absolute atomic E-state index is 5.20. The summed E-state index contributed by atoms with van der Waals surface area (Å²) in [4.78, 5) is 8.51. The first kappa shape index (κ1) is 16.7. The third kappa shape index (κ3) is 4.66. The molecule has 1 atom stereocenters. The summed E-state index contributed by atoms with van der Waals surface area (Å²) in [5, 5.41) is 2.18. The number of hydrogen-bond donors (Lipinski definition) is 0. The number of piperidine rings is 1. The fourth-order valence-corrected chi connectivity index (χ4v) is 4.16. The molecule has 0 radical (unpaired) electrons. The summed E-state index contributed by atoms with van der Waals surface area (Å²) < 4.78 is 7.43. The van der Waals surface area contributed by atoms with Gasteiger partial charge >= 0.3 is 0 Å². The van der Waals surface area contributed by atoms with Crippen LogP contribution in [0.3, 0.4) is 0 Å². The molecule has 4 nitrogen and oxygen atoms in total. The molecule has 2 aromatic rings. The highest BCUT2D eigenvalue weighted by Gasteiger charge is 2.23. The zero-order valence-electron chi connectivity index (χ0n) is 14.0. The number of imidazole rings is 1. The minimum atomic E-state index is 0.705. The molecule has 1 unspecified atom stereocenters. The van der Waals surface area contributed by atoms with Crippen molar-refractivity contribution in [3.63, 3.8) is 0 Å². The highest BCUT2D eigenvalue weighted by atomic mass is 32.1. The van der Waals surface area contributed by atoms with Gasteiger partial charge in [0.1, 0.15) is 0 Å². The molecular weight excluding hydrogens is 306 g/mol. The quantitative estimate of drug-likeness (QED) is 0.740. The summed E-state index contributed by atoms with van der Waals surface area (Å²) in [5.74, 6) is 0. The number of aryl methyl sites for hydroxylation is 1. The van der Waals surface area contributed by atoms with Gasteiger partial charge in [0.05, 0.1) is 18.6 Å². The Kier molecular flexibility index (Phi) is 6.25. The zero-order chi connectivity index (χ0) is 15.9. The summed E-state index contributed by atoms with van der Waals surface area (Å²) in [6.45, 7) is 3.86. The monoisotopic (exact) mass is 333 g/mol. The third-order valence-electron chi connectivity index (χ3n) is 4.75. The van der Waals surface area contributed by atoms with E-state index >= 15 is 0 Å². The first-order valence-electron chi connectivity index (χ1n) is 8.61. The van der Waals surface area contributed by atoms with E-state index in [9.17, 15) is 0 Å². The molecular formula is C18H27N3OS. The summed E-state index contributed by atoms with van der Waals surface area (Å²) in [5.41, 5.74) is 1.31. The lowest BCUT2D eigenvalue weighted by molar-refractivity contribution is 0.127. The Balaban J connectivity index is 1.59. The summed E-state index contributed by atoms with van der Waals surface area (Å²) in [6, 6.07) is 5.13. The molecule has 0 spiro atoms. The Morgan fingerprint density at radius 1 is 1.39 bits per heavy atom. The molecule has 0 amide bonds. The van der Waals surface area contributed by atoms with Gasteiger partial charge in [0.15, 0.2) is 0 Å². The van der Waals surface area contributed by atoms with Crippen LogP contribution in [0.5, 0.6) is 0 Å². The maximum Gasteiger partial charge on any atom is 0.0949 e.